The van der Waals surface area contributed by atoms with E-state index in [-0.39, 0.29) is 6.04 Å². The molecule has 1 spiro atoms. The van der Waals surface area contributed by atoms with Crippen LogP contribution in [-0.4, -0.2) is 10.7 Å². The summed E-state index contributed by atoms with van der Waals surface area (Å²) in [6, 6.07) is 13.6. The Labute approximate surface area is 161 Å². The van der Waals surface area contributed by atoms with Crippen LogP contribution in [0, 0.1) is 11.3 Å². The number of rotatable bonds is 4. The highest BCUT2D eigenvalue weighted by Gasteiger charge is 2.46. The van der Waals surface area contributed by atoms with Gasteiger partial charge in [0.15, 0.2) is 0 Å². The van der Waals surface area contributed by atoms with Crippen molar-refractivity contribution in [2.75, 3.05) is 5.75 Å². The van der Waals surface area contributed by atoms with Crippen LogP contribution in [-0.2, 0) is 6.42 Å². The van der Waals surface area contributed by atoms with E-state index in [1.807, 2.05) is 11.8 Å². The lowest BCUT2D eigenvalue weighted by Gasteiger charge is -2.40. The number of nitrogens with two attached hydrogens (primary N) is 1. The molecule has 136 valence electrons. The first kappa shape index (κ1) is 16.8. The molecule has 26 heavy (non-hydrogen) atoms. The summed E-state index contributed by atoms with van der Waals surface area (Å²) in [7, 11) is 0. The molecule has 2 aromatic rings. The maximum Gasteiger partial charge on any atom is 0.0960 e. The molecule has 3 heteroatoms. The lowest BCUT2D eigenvalue weighted by atomic mass is 9.66. The molecule has 1 heterocycles. The SMILES string of the molecule is NC1c2ccccc2CC12CCC(c1ccc(SCC3CC3)nc1)CC2. The Morgan fingerprint density at radius 1 is 1.04 bits per heavy atom. The van der Waals surface area contributed by atoms with Gasteiger partial charge in [-0.25, -0.2) is 4.98 Å². The molecule has 2 nitrogen and oxygen atoms in total. The van der Waals surface area contributed by atoms with Gasteiger partial charge in [0.25, 0.3) is 0 Å². The zero-order chi connectivity index (χ0) is 17.6. The number of benzene rings is 1. The van der Waals surface area contributed by atoms with Gasteiger partial charge >= 0.3 is 0 Å². The van der Waals surface area contributed by atoms with Crippen molar-refractivity contribution in [3.05, 3.63) is 59.3 Å². The molecule has 2 fully saturated rings. The van der Waals surface area contributed by atoms with Crippen molar-refractivity contribution in [3.8, 4) is 0 Å². The van der Waals surface area contributed by atoms with Crippen LogP contribution in [0.1, 0.15) is 67.2 Å². The van der Waals surface area contributed by atoms with Crippen LogP contribution >= 0.6 is 11.8 Å². The fraction of sp³-hybridized carbons (Fsp3) is 0.522. The highest BCUT2D eigenvalue weighted by molar-refractivity contribution is 7.99. The smallest absolute Gasteiger partial charge is 0.0960 e. The van der Waals surface area contributed by atoms with Crippen LogP contribution in [0.3, 0.4) is 0 Å². The molecule has 1 aromatic heterocycles. The van der Waals surface area contributed by atoms with Crippen LogP contribution in [0.5, 0.6) is 0 Å². The second-order valence-corrected chi connectivity index (χ2v) is 9.71. The number of aromatic nitrogens is 1. The van der Waals surface area contributed by atoms with E-state index in [4.69, 9.17) is 10.7 Å². The number of hydrogen-bond acceptors (Lipinski definition) is 3. The van der Waals surface area contributed by atoms with Crippen molar-refractivity contribution >= 4 is 11.8 Å². The van der Waals surface area contributed by atoms with Crippen LogP contribution in [0.2, 0.25) is 0 Å². The highest BCUT2D eigenvalue weighted by Crippen LogP contribution is 2.55. The summed E-state index contributed by atoms with van der Waals surface area (Å²) >= 11 is 1.93. The summed E-state index contributed by atoms with van der Waals surface area (Å²) in [5.41, 5.74) is 11.3. The van der Waals surface area contributed by atoms with Gasteiger partial charge in [-0.15, -0.1) is 11.8 Å². The first-order chi connectivity index (χ1) is 12.7. The molecule has 0 amide bonds. The van der Waals surface area contributed by atoms with Gasteiger partial charge < -0.3 is 5.73 Å². The van der Waals surface area contributed by atoms with Crippen molar-refractivity contribution in [1.82, 2.24) is 4.98 Å². The van der Waals surface area contributed by atoms with Crippen LogP contribution < -0.4 is 5.73 Å². The Bertz CT molecular complexity index is 773. The predicted molar refractivity (Wildman–Crippen MR) is 108 cm³/mol. The maximum absolute atomic E-state index is 6.71. The average molecular weight is 365 g/mol. The molecular weight excluding hydrogens is 336 g/mol. The molecule has 2 saturated carbocycles. The number of nitrogens with zero attached hydrogens (tertiary/aromatic N) is 1. The van der Waals surface area contributed by atoms with Gasteiger partial charge in [-0.2, -0.15) is 0 Å². The normalized spacial score (nSPS) is 30.5. The molecule has 1 aromatic carbocycles. The third-order valence-corrected chi connectivity index (χ3v) is 8.14. The van der Waals surface area contributed by atoms with Crippen LogP contribution in [0.25, 0.3) is 0 Å². The zero-order valence-electron chi connectivity index (χ0n) is 15.4. The summed E-state index contributed by atoms with van der Waals surface area (Å²) in [4.78, 5) is 4.73. The molecule has 3 aliphatic rings. The van der Waals surface area contributed by atoms with E-state index in [0.717, 1.165) is 5.92 Å². The molecule has 0 saturated heterocycles. The molecule has 0 aliphatic heterocycles. The van der Waals surface area contributed by atoms with Gasteiger partial charge in [-0.1, -0.05) is 30.3 Å². The average Bonchev–Trinajstić information content (AvgIpc) is 3.48. The Morgan fingerprint density at radius 3 is 2.54 bits per heavy atom. The van der Waals surface area contributed by atoms with E-state index in [1.165, 1.54) is 72.4 Å². The predicted octanol–water partition coefficient (Wildman–Crippen LogP) is 5.48. The summed E-state index contributed by atoms with van der Waals surface area (Å²) in [5, 5.41) is 1.20. The van der Waals surface area contributed by atoms with Crippen LogP contribution in [0.15, 0.2) is 47.6 Å². The first-order valence-electron chi connectivity index (χ1n) is 10.2. The summed E-state index contributed by atoms with van der Waals surface area (Å²) < 4.78 is 0. The van der Waals surface area contributed by atoms with E-state index >= 15 is 0 Å². The van der Waals surface area contributed by atoms with E-state index in [9.17, 15) is 0 Å². The highest BCUT2D eigenvalue weighted by atomic mass is 32.2. The quantitative estimate of drug-likeness (QED) is 0.730. The van der Waals surface area contributed by atoms with Gasteiger partial charge in [0, 0.05) is 18.0 Å². The van der Waals surface area contributed by atoms with Crippen molar-refractivity contribution < 1.29 is 0 Å². The second-order valence-electron chi connectivity index (χ2n) is 8.67. The van der Waals surface area contributed by atoms with Crippen molar-refractivity contribution in [3.63, 3.8) is 0 Å². The molecule has 1 unspecified atom stereocenters. The molecule has 3 aliphatic carbocycles. The van der Waals surface area contributed by atoms with Crippen molar-refractivity contribution in [2.24, 2.45) is 17.1 Å². The molecular formula is C23H28N2S. The second kappa shape index (κ2) is 6.69. The summed E-state index contributed by atoms with van der Waals surface area (Å²) in [6.07, 6.45) is 11.1. The minimum Gasteiger partial charge on any atom is -0.323 e. The lowest BCUT2D eigenvalue weighted by Crippen LogP contribution is -2.35. The summed E-state index contributed by atoms with van der Waals surface area (Å²) in [6.45, 7) is 0. The fourth-order valence-electron chi connectivity index (χ4n) is 5.04. The van der Waals surface area contributed by atoms with Gasteiger partial charge in [-0.3, -0.25) is 0 Å². The molecule has 5 rings (SSSR count). The van der Waals surface area contributed by atoms with Gasteiger partial charge in [0.05, 0.1) is 5.03 Å². The van der Waals surface area contributed by atoms with Crippen LogP contribution in [0.4, 0.5) is 0 Å². The van der Waals surface area contributed by atoms with Gasteiger partial charge in [-0.05, 0) is 85.0 Å². The molecule has 1 atom stereocenters. The maximum atomic E-state index is 6.71. The minimum absolute atomic E-state index is 0.221. The van der Waals surface area contributed by atoms with E-state index < -0.39 is 0 Å². The van der Waals surface area contributed by atoms with Gasteiger partial charge in [0.1, 0.15) is 0 Å². The molecule has 0 radical (unpaired) electrons. The van der Waals surface area contributed by atoms with Crippen molar-refractivity contribution in [1.29, 1.82) is 0 Å². The summed E-state index contributed by atoms with van der Waals surface area (Å²) in [5.74, 6) is 2.86. The number of thioether (sulfide) groups is 1. The molecule has 2 N–H and O–H groups in total. The number of pyridine rings is 1. The van der Waals surface area contributed by atoms with E-state index in [0.29, 0.717) is 11.3 Å². The fourth-order valence-corrected chi connectivity index (χ4v) is 6.07. The first-order valence-corrected chi connectivity index (χ1v) is 11.1. The minimum atomic E-state index is 0.221. The number of fused-ring (bicyclic) bond motifs is 1. The standard InChI is InChI=1S/C23H28N2S/c24-22-20-4-2-1-3-18(20)13-23(22)11-9-17(10-12-23)19-7-8-21(25-14-19)26-15-16-5-6-16/h1-4,7-8,14,16-17,22H,5-6,9-13,15,24H2. The van der Waals surface area contributed by atoms with E-state index in [1.54, 1.807) is 0 Å². The monoisotopic (exact) mass is 364 g/mol. The number of hydrogen-bond donors (Lipinski definition) is 1. The zero-order valence-corrected chi connectivity index (χ0v) is 16.2. The van der Waals surface area contributed by atoms with E-state index in [2.05, 4.69) is 42.6 Å². The largest absolute Gasteiger partial charge is 0.323 e. The topological polar surface area (TPSA) is 38.9 Å². The van der Waals surface area contributed by atoms with Gasteiger partial charge in [0.2, 0.25) is 0 Å². The Kier molecular flexibility index (Phi) is 4.33. The Hall–Kier alpha value is -1.32. The third-order valence-electron chi connectivity index (χ3n) is 6.97. The van der Waals surface area contributed by atoms with Crippen molar-refractivity contribution in [2.45, 2.75) is 61.9 Å². The third kappa shape index (κ3) is 3.10. The Balaban J connectivity index is 1.23. The lowest BCUT2D eigenvalue weighted by molar-refractivity contribution is 0.149. The Morgan fingerprint density at radius 2 is 1.85 bits per heavy atom. The molecule has 0 bridgehead atoms.